The Labute approximate surface area is 117 Å². The van der Waals surface area contributed by atoms with Crippen molar-refractivity contribution in [3.63, 3.8) is 0 Å². The summed E-state index contributed by atoms with van der Waals surface area (Å²) in [7, 11) is -4.39. The topological polar surface area (TPSA) is 76.0 Å². The molecule has 0 aromatic rings. The van der Waals surface area contributed by atoms with Crippen molar-refractivity contribution in [2.45, 2.75) is 30.8 Å². The van der Waals surface area contributed by atoms with E-state index in [1.165, 1.54) is 0 Å². The van der Waals surface area contributed by atoms with E-state index in [-0.39, 0.29) is 17.8 Å². The van der Waals surface area contributed by atoms with Gasteiger partial charge >= 0.3 is 7.82 Å². The molecule has 4 aliphatic rings. The highest BCUT2D eigenvalue weighted by atomic mass is 32.2. The summed E-state index contributed by atoms with van der Waals surface area (Å²) in [6, 6.07) is 0. The van der Waals surface area contributed by atoms with Gasteiger partial charge in [0.05, 0.1) is 13.1 Å². The first kappa shape index (κ1) is 14.3. The molecule has 2 bridgehead atoms. The summed E-state index contributed by atoms with van der Waals surface area (Å²) in [5.41, 5.74) is 0.127. The van der Waals surface area contributed by atoms with Gasteiger partial charge in [0.1, 0.15) is 17.6 Å². The van der Waals surface area contributed by atoms with Gasteiger partial charge in [0.25, 0.3) is 0 Å². The van der Waals surface area contributed by atoms with Crippen molar-refractivity contribution in [2.75, 3.05) is 32.1 Å². The van der Waals surface area contributed by atoms with E-state index in [1.54, 1.807) is 0 Å². The van der Waals surface area contributed by atoms with Gasteiger partial charge in [0.15, 0.2) is 6.73 Å². The minimum absolute atomic E-state index is 0.0984. The number of phosphoric ester groups is 1. The summed E-state index contributed by atoms with van der Waals surface area (Å²) in [5.74, 6) is 1.59. The number of piperidine rings is 3. The molecule has 0 unspecified atom stereocenters. The molecule has 2 N–H and O–H groups in total. The summed E-state index contributed by atoms with van der Waals surface area (Å²) < 4.78 is 22.5. The maximum atomic E-state index is 10.9. The lowest BCUT2D eigenvalue weighted by atomic mass is 9.74. The summed E-state index contributed by atoms with van der Waals surface area (Å²) in [6.45, 7) is 4.88. The quantitative estimate of drug-likeness (QED) is 0.601. The lowest BCUT2D eigenvalue weighted by Gasteiger charge is -2.56. The fraction of sp³-hybridized carbons (Fsp3) is 1.00. The number of fused-ring (bicyclic) bond motifs is 2. The molecule has 110 valence electrons. The molecule has 4 aliphatic heterocycles. The van der Waals surface area contributed by atoms with E-state index in [1.807, 2.05) is 11.8 Å². The van der Waals surface area contributed by atoms with Crippen molar-refractivity contribution in [1.82, 2.24) is 0 Å². The number of hydrogen-bond donors (Lipinski definition) is 2. The zero-order chi connectivity index (χ0) is 13.7. The monoisotopic (exact) mass is 310 g/mol. The summed E-state index contributed by atoms with van der Waals surface area (Å²) >= 11 is 1.84. The molecule has 8 heteroatoms. The Bertz CT molecular complexity index is 408. The number of phosphoric acid groups is 1. The summed E-state index contributed by atoms with van der Waals surface area (Å²) in [6.07, 6.45) is 2.13. The molecule has 0 aromatic heterocycles. The second kappa shape index (κ2) is 4.70. The lowest BCUT2D eigenvalue weighted by molar-refractivity contribution is -0.963. The minimum atomic E-state index is -4.39. The third kappa shape index (κ3) is 2.75. The minimum Gasteiger partial charge on any atom is -0.354 e. The van der Waals surface area contributed by atoms with Crippen LogP contribution in [0.15, 0.2) is 0 Å². The lowest BCUT2D eigenvalue weighted by Crippen LogP contribution is -2.70. The predicted molar refractivity (Wildman–Crippen MR) is 71.3 cm³/mol. The van der Waals surface area contributed by atoms with E-state index >= 15 is 0 Å². The fourth-order valence-electron chi connectivity index (χ4n) is 3.82. The third-order valence-corrected chi connectivity index (χ3v) is 6.39. The number of thioether (sulfide) groups is 1. The summed E-state index contributed by atoms with van der Waals surface area (Å²) in [4.78, 5) is 17.8. The number of quaternary nitrogens is 1. The molecule has 6 nitrogen and oxygen atoms in total. The number of hydrogen-bond acceptors (Lipinski definition) is 4. The first-order valence-corrected chi connectivity index (χ1v) is 9.25. The molecule has 0 saturated carbocycles. The second-order valence-corrected chi connectivity index (χ2v) is 8.56. The molecule has 4 heterocycles. The van der Waals surface area contributed by atoms with Crippen LogP contribution in [0.25, 0.3) is 0 Å². The number of ether oxygens (including phenoxy) is 1. The zero-order valence-corrected chi connectivity index (χ0v) is 12.7. The van der Waals surface area contributed by atoms with Crippen LogP contribution in [0.5, 0.6) is 0 Å². The van der Waals surface area contributed by atoms with Crippen LogP contribution in [0.1, 0.15) is 19.8 Å². The molecule has 2 atom stereocenters. The highest BCUT2D eigenvalue weighted by molar-refractivity contribution is 8.00. The van der Waals surface area contributed by atoms with E-state index in [0.717, 1.165) is 38.2 Å². The molecule has 4 saturated heterocycles. The van der Waals surface area contributed by atoms with Crippen LogP contribution in [0.3, 0.4) is 0 Å². The van der Waals surface area contributed by atoms with Gasteiger partial charge in [0.2, 0.25) is 0 Å². The van der Waals surface area contributed by atoms with Gasteiger partial charge in [-0.25, -0.2) is 9.09 Å². The fourth-order valence-corrected chi connectivity index (χ4v) is 5.39. The van der Waals surface area contributed by atoms with Crippen molar-refractivity contribution in [3.05, 3.63) is 0 Å². The molecule has 19 heavy (non-hydrogen) atoms. The second-order valence-electron chi connectivity index (χ2n) is 6.03. The molecular weight excluding hydrogens is 289 g/mol. The Balaban J connectivity index is 1.74. The average molecular weight is 310 g/mol. The van der Waals surface area contributed by atoms with Crippen molar-refractivity contribution in [2.24, 2.45) is 5.92 Å². The summed E-state index contributed by atoms with van der Waals surface area (Å²) in [5, 5.41) is 0. The van der Waals surface area contributed by atoms with Crippen LogP contribution in [-0.2, 0) is 13.8 Å². The molecule has 0 aliphatic carbocycles. The van der Waals surface area contributed by atoms with Crippen LogP contribution in [-0.4, -0.2) is 57.4 Å². The molecule has 4 fully saturated rings. The normalized spacial score (nSPS) is 46.1. The van der Waals surface area contributed by atoms with Gasteiger partial charge in [-0.2, -0.15) is 0 Å². The molecule has 1 spiro atoms. The van der Waals surface area contributed by atoms with Crippen LogP contribution >= 0.6 is 19.6 Å². The van der Waals surface area contributed by atoms with E-state index in [9.17, 15) is 4.57 Å². The van der Waals surface area contributed by atoms with Crippen LogP contribution in [0.4, 0.5) is 0 Å². The van der Waals surface area contributed by atoms with Crippen molar-refractivity contribution < 1.29 is 28.1 Å². The highest BCUT2D eigenvalue weighted by Gasteiger charge is 2.59. The van der Waals surface area contributed by atoms with Gasteiger partial charge < -0.3 is 14.5 Å². The SMILES string of the molecule is C[C@H]1O[C@@]2(CS1)C[N+]1(COP(=O)(O)O)CCC2CC1. The molecule has 0 aromatic carbocycles. The van der Waals surface area contributed by atoms with Gasteiger partial charge in [-0.05, 0) is 6.92 Å². The van der Waals surface area contributed by atoms with Gasteiger partial charge in [-0.1, -0.05) is 0 Å². The van der Waals surface area contributed by atoms with E-state index < -0.39 is 7.82 Å². The molecular formula is C11H21NO5PS+. The van der Waals surface area contributed by atoms with E-state index in [2.05, 4.69) is 6.92 Å². The Morgan fingerprint density at radius 1 is 1.47 bits per heavy atom. The van der Waals surface area contributed by atoms with Crippen molar-refractivity contribution in [1.29, 1.82) is 0 Å². The Kier molecular flexibility index (Phi) is 3.54. The van der Waals surface area contributed by atoms with Crippen LogP contribution < -0.4 is 0 Å². The largest absolute Gasteiger partial charge is 0.474 e. The smallest absolute Gasteiger partial charge is 0.354 e. The number of rotatable bonds is 3. The Morgan fingerprint density at radius 2 is 2.16 bits per heavy atom. The third-order valence-electron chi connectivity index (χ3n) is 4.71. The Hall–Kier alpha value is 0.380. The van der Waals surface area contributed by atoms with Gasteiger partial charge in [-0.3, -0.25) is 4.48 Å². The average Bonchev–Trinajstić information content (AvgIpc) is 2.69. The van der Waals surface area contributed by atoms with E-state index in [4.69, 9.17) is 19.0 Å². The molecule has 0 radical (unpaired) electrons. The Morgan fingerprint density at radius 3 is 2.68 bits per heavy atom. The van der Waals surface area contributed by atoms with Crippen molar-refractivity contribution in [3.8, 4) is 0 Å². The first-order valence-electron chi connectivity index (χ1n) is 6.67. The first-order chi connectivity index (χ1) is 8.83. The van der Waals surface area contributed by atoms with Gasteiger partial charge in [0, 0.05) is 24.5 Å². The molecule has 0 amide bonds. The van der Waals surface area contributed by atoms with Gasteiger partial charge in [-0.15, -0.1) is 11.8 Å². The van der Waals surface area contributed by atoms with Crippen LogP contribution in [0.2, 0.25) is 0 Å². The zero-order valence-electron chi connectivity index (χ0n) is 11.0. The van der Waals surface area contributed by atoms with E-state index in [0.29, 0.717) is 10.4 Å². The number of nitrogens with zero attached hydrogens (tertiary/aromatic N) is 1. The van der Waals surface area contributed by atoms with Crippen molar-refractivity contribution >= 4 is 19.6 Å². The predicted octanol–water partition coefficient (Wildman–Crippen LogP) is 1.14. The standard InChI is InChI=1S/C11H20NO5PS/c1-9-17-11(7-19-9)6-12(8-16-18(13,14)15)4-2-10(11)3-5-12/h9-10H,2-8H2,1H3,(H-,13,14,15)/p+1/t9-,10?,11+,12?/m0/s1. The van der Waals surface area contributed by atoms with Crippen LogP contribution in [0, 0.1) is 5.92 Å². The maximum absolute atomic E-state index is 10.9. The highest BCUT2D eigenvalue weighted by Crippen LogP contribution is 2.50. The maximum Gasteiger partial charge on any atom is 0.474 e. The molecule has 4 rings (SSSR count).